The van der Waals surface area contributed by atoms with Gasteiger partial charge in [-0.25, -0.2) is 13.1 Å². The fraction of sp³-hybridized carbons (Fsp3) is 0.455. The Labute approximate surface area is 121 Å². The van der Waals surface area contributed by atoms with E-state index in [4.69, 9.17) is 17.3 Å². The first-order valence-electron chi connectivity index (χ1n) is 6.01. The van der Waals surface area contributed by atoms with Crippen LogP contribution in [-0.4, -0.2) is 25.9 Å². The minimum absolute atomic E-state index is 0.0605. The molecule has 0 amide bonds. The molecule has 0 spiro atoms. The third kappa shape index (κ3) is 3.26. The van der Waals surface area contributed by atoms with Crippen molar-refractivity contribution < 1.29 is 13.3 Å². The third-order valence-electron chi connectivity index (χ3n) is 3.17. The highest BCUT2D eigenvalue weighted by Crippen LogP contribution is 2.33. The van der Waals surface area contributed by atoms with E-state index in [1.54, 1.807) is 0 Å². The highest BCUT2D eigenvalue weighted by molar-refractivity contribution is 7.89. The number of nitrogens with one attached hydrogen (secondary N) is 1. The molecule has 1 aromatic rings. The predicted octanol–water partition coefficient (Wildman–Crippen LogP) is 1.26. The largest absolute Gasteiger partial charge is 0.329 e. The molecule has 9 heteroatoms. The summed E-state index contributed by atoms with van der Waals surface area (Å²) in [6.07, 6.45) is 1.85. The maximum absolute atomic E-state index is 12.3. The molecule has 7 nitrogen and oxygen atoms in total. The molecule has 110 valence electrons. The van der Waals surface area contributed by atoms with Crippen molar-refractivity contribution in [2.45, 2.75) is 23.8 Å². The lowest BCUT2D eigenvalue weighted by Crippen LogP contribution is -2.41. The van der Waals surface area contributed by atoms with Crippen molar-refractivity contribution in [3.63, 3.8) is 0 Å². The van der Waals surface area contributed by atoms with Gasteiger partial charge in [-0.1, -0.05) is 11.6 Å². The molecule has 0 aromatic heterocycles. The van der Waals surface area contributed by atoms with Crippen LogP contribution >= 0.6 is 11.6 Å². The lowest BCUT2D eigenvalue weighted by atomic mass is 10.2. The molecule has 1 atom stereocenters. The lowest BCUT2D eigenvalue weighted by Gasteiger charge is -2.16. The number of nitrogens with two attached hydrogens (primary N) is 1. The quantitative estimate of drug-likeness (QED) is 0.605. The molecule has 0 radical (unpaired) electrons. The second-order valence-electron chi connectivity index (χ2n) is 4.67. The summed E-state index contributed by atoms with van der Waals surface area (Å²) in [6, 6.07) is 2.94. The Morgan fingerprint density at radius 3 is 2.65 bits per heavy atom. The Morgan fingerprint density at radius 1 is 1.50 bits per heavy atom. The minimum atomic E-state index is -3.93. The Kier molecular flexibility index (Phi) is 4.28. The van der Waals surface area contributed by atoms with Crippen molar-refractivity contribution in [1.29, 1.82) is 0 Å². The van der Waals surface area contributed by atoms with Crippen LogP contribution in [0.5, 0.6) is 0 Å². The van der Waals surface area contributed by atoms with Crippen LogP contribution in [0, 0.1) is 16.0 Å². The van der Waals surface area contributed by atoms with Crippen molar-refractivity contribution in [3.05, 3.63) is 33.3 Å². The van der Waals surface area contributed by atoms with E-state index in [2.05, 4.69) is 4.72 Å². The van der Waals surface area contributed by atoms with E-state index in [1.165, 1.54) is 6.07 Å². The maximum Gasteiger partial charge on any atom is 0.270 e. The first-order valence-corrected chi connectivity index (χ1v) is 7.87. The van der Waals surface area contributed by atoms with Gasteiger partial charge in [0.2, 0.25) is 10.0 Å². The SMILES string of the molecule is NCC(NS(=O)(=O)c1cc([N+](=O)[O-])ccc1Cl)C1CC1. The maximum atomic E-state index is 12.3. The van der Waals surface area contributed by atoms with E-state index in [1.807, 2.05) is 0 Å². The summed E-state index contributed by atoms with van der Waals surface area (Å²) in [4.78, 5) is 9.75. The van der Waals surface area contributed by atoms with Crippen LogP contribution in [-0.2, 0) is 10.0 Å². The number of halogens is 1. The van der Waals surface area contributed by atoms with E-state index >= 15 is 0 Å². The van der Waals surface area contributed by atoms with Crippen molar-refractivity contribution in [2.24, 2.45) is 11.7 Å². The van der Waals surface area contributed by atoms with Crippen LogP contribution in [0.1, 0.15) is 12.8 Å². The fourth-order valence-corrected chi connectivity index (χ4v) is 3.75. The van der Waals surface area contributed by atoms with Gasteiger partial charge in [0.05, 0.1) is 9.95 Å². The van der Waals surface area contributed by atoms with Gasteiger partial charge in [0.15, 0.2) is 0 Å². The average Bonchev–Trinajstić information content (AvgIpc) is 3.20. The molecule has 1 aliphatic rings. The molecule has 1 saturated carbocycles. The van der Waals surface area contributed by atoms with Crippen LogP contribution in [0.4, 0.5) is 5.69 Å². The van der Waals surface area contributed by atoms with Gasteiger partial charge in [0, 0.05) is 24.7 Å². The van der Waals surface area contributed by atoms with Crippen LogP contribution in [0.25, 0.3) is 0 Å². The van der Waals surface area contributed by atoms with Crippen molar-refractivity contribution in [2.75, 3.05) is 6.54 Å². The molecule has 2 rings (SSSR count). The second-order valence-corrected chi connectivity index (χ2v) is 6.76. The molecular formula is C11H14ClN3O4S. The van der Waals surface area contributed by atoms with Crippen LogP contribution < -0.4 is 10.5 Å². The van der Waals surface area contributed by atoms with Gasteiger partial charge in [-0.05, 0) is 24.8 Å². The van der Waals surface area contributed by atoms with Gasteiger partial charge >= 0.3 is 0 Å². The smallest absolute Gasteiger partial charge is 0.270 e. The van der Waals surface area contributed by atoms with Gasteiger partial charge in [0.25, 0.3) is 5.69 Å². The molecule has 1 aromatic carbocycles. The zero-order valence-corrected chi connectivity index (χ0v) is 12.0. The summed E-state index contributed by atoms with van der Waals surface area (Å²) < 4.78 is 27.0. The zero-order valence-electron chi connectivity index (χ0n) is 10.5. The standard InChI is InChI=1S/C11H14ClN3O4S/c12-9-4-3-8(15(16)17)5-11(9)20(18,19)14-10(6-13)7-1-2-7/h3-5,7,10,14H,1-2,6,13H2. The number of benzene rings is 1. The Morgan fingerprint density at radius 2 is 2.15 bits per heavy atom. The van der Waals surface area contributed by atoms with E-state index in [0.29, 0.717) is 0 Å². The van der Waals surface area contributed by atoms with Gasteiger partial charge in [-0.2, -0.15) is 0 Å². The third-order valence-corrected chi connectivity index (χ3v) is 5.14. The van der Waals surface area contributed by atoms with Crippen molar-refractivity contribution in [3.8, 4) is 0 Å². The summed E-state index contributed by atoms with van der Waals surface area (Å²) in [5.41, 5.74) is 5.22. The van der Waals surface area contributed by atoms with E-state index in [-0.39, 0.29) is 34.1 Å². The van der Waals surface area contributed by atoms with Gasteiger partial charge in [-0.15, -0.1) is 0 Å². The summed E-state index contributed by atoms with van der Waals surface area (Å²) in [7, 11) is -3.93. The number of nitro benzene ring substituents is 1. The highest BCUT2D eigenvalue weighted by atomic mass is 35.5. The number of nitrogens with zero attached hydrogens (tertiary/aromatic N) is 1. The van der Waals surface area contributed by atoms with Gasteiger partial charge < -0.3 is 5.73 Å². The van der Waals surface area contributed by atoms with Crippen LogP contribution in [0.15, 0.2) is 23.1 Å². The number of sulfonamides is 1. The van der Waals surface area contributed by atoms with Gasteiger partial charge in [-0.3, -0.25) is 10.1 Å². The summed E-state index contributed by atoms with van der Waals surface area (Å²) in [6.45, 7) is 0.177. The lowest BCUT2D eigenvalue weighted by molar-refractivity contribution is -0.385. The molecule has 0 aliphatic heterocycles. The number of rotatable bonds is 6. The normalized spacial score (nSPS) is 16.9. The topological polar surface area (TPSA) is 115 Å². The molecule has 20 heavy (non-hydrogen) atoms. The molecule has 1 fully saturated rings. The fourth-order valence-electron chi connectivity index (χ4n) is 1.91. The molecular weight excluding hydrogens is 306 g/mol. The molecule has 0 saturated heterocycles. The van der Waals surface area contributed by atoms with Crippen LogP contribution in [0.3, 0.4) is 0 Å². The second kappa shape index (κ2) is 5.65. The van der Waals surface area contributed by atoms with E-state index < -0.39 is 14.9 Å². The average molecular weight is 320 g/mol. The summed E-state index contributed by atoms with van der Waals surface area (Å²) >= 11 is 5.83. The Balaban J connectivity index is 2.32. The number of hydrogen-bond acceptors (Lipinski definition) is 5. The summed E-state index contributed by atoms with van der Waals surface area (Å²) in [5, 5.41) is 10.7. The predicted molar refractivity (Wildman–Crippen MR) is 74.0 cm³/mol. The minimum Gasteiger partial charge on any atom is -0.329 e. The highest BCUT2D eigenvalue weighted by Gasteiger charge is 2.34. The molecule has 3 N–H and O–H groups in total. The molecule has 1 unspecified atom stereocenters. The van der Waals surface area contributed by atoms with Crippen molar-refractivity contribution >= 4 is 27.3 Å². The Bertz CT molecular complexity index is 631. The van der Waals surface area contributed by atoms with E-state index in [0.717, 1.165) is 25.0 Å². The molecule has 0 heterocycles. The van der Waals surface area contributed by atoms with Gasteiger partial charge in [0.1, 0.15) is 4.90 Å². The number of hydrogen-bond donors (Lipinski definition) is 2. The van der Waals surface area contributed by atoms with E-state index in [9.17, 15) is 18.5 Å². The first kappa shape index (κ1) is 15.2. The number of non-ortho nitro benzene ring substituents is 1. The monoisotopic (exact) mass is 319 g/mol. The van der Waals surface area contributed by atoms with Crippen LogP contribution in [0.2, 0.25) is 5.02 Å². The number of nitro groups is 1. The first-order chi connectivity index (χ1) is 9.35. The molecule has 0 bridgehead atoms. The van der Waals surface area contributed by atoms with Crippen molar-refractivity contribution in [1.82, 2.24) is 4.72 Å². The Hall–Kier alpha value is -1.22. The molecule has 1 aliphatic carbocycles. The summed E-state index contributed by atoms with van der Waals surface area (Å²) in [5.74, 6) is 0.229. The zero-order chi connectivity index (χ0) is 14.9.